The molecule has 0 aliphatic heterocycles. The van der Waals surface area contributed by atoms with E-state index in [0.717, 1.165) is 16.4 Å². The number of aromatic nitrogens is 2. The minimum atomic E-state index is 0.460. The highest BCUT2D eigenvalue weighted by Crippen LogP contribution is 2.18. The monoisotopic (exact) mass is 230 g/mol. The van der Waals surface area contributed by atoms with Crippen molar-refractivity contribution in [1.29, 1.82) is 0 Å². The van der Waals surface area contributed by atoms with Crippen molar-refractivity contribution < 1.29 is 0 Å². The van der Waals surface area contributed by atoms with Gasteiger partial charge in [0.25, 0.3) is 0 Å². The highest BCUT2D eigenvalue weighted by molar-refractivity contribution is 7.12. The third kappa shape index (κ3) is 2.27. The summed E-state index contributed by atoms with van der Waals surface area (Å²) >= 11 is 8.96. The summed E-state index contributed by atoms with van der Waals surface area (Å²) in [5.41, 5.74) is 0. The predicted molar refractivity (Wildman–Crippen MR) is 56.6 cm³/mol. The summed E-state index contributed by atoms with van der Waals surface area (Å²) in [6.45, 7) is 0. The van der Waals surface area contributed by atoms with Gasteiger partial charge >= 0.3 is 0 Å². The minimum absolute atomic E-state index is 0.460. The van der Waals surface area contributed by atoms with E-state index in [4.69, 9.17) is 11.6 Å². The molecule has 0 spiro atoms. The molecule has 0 bridgehead atoms. The largest absolute Gasteiger partial charge is 0.148 e. The van der Waals surface area contributed by atoms with Crippen molar-refractivity contribution in [2.75, 3.05) is 0 Å². The Kier molecular flexibility index (Phi) is 2.93. The number of halogens is 1. The lowest BCUT2D eigenvalue weighted by Gasteiger charge is -1.88. The molecule has 0 radical (unpaired) electrons. The summed E-state index contributed by atoms with van der Waals surface area (Å²) in [6, 6.07) is 4.15. The van der Waals surface area contributed by atoms with Crippen LogP contribution in [-0.2, 0) is 12.3 Å². The van der Waals surface area contributed by atoms with Crippen LogP contribution in [0.2, 0.25) is 0 Å². The van der Waals surface area contributed by atoms with Crippen LogP contribution in [0.1, 0.15) is 14.9 Å². The Morgan fingerprint density at radius 3 is 2.77 bits per heavy atom. The average Bonchev–Trinajstić information content (AvgIpc) is 2.76. The Labute approximate surface area is 89.2 Å². The fourth-order valence-corrected chi connectivity index (χ4v) is 2.71. The molecule has 0 aliphatic rings. The van der Waals surface area contributed by atoms with E-state index in [1.165, 1.54) is 4.88 Å². The molecule has 0 aliphatic carbocycles. The molecule has 68 valence electrons. The first kappa shape index (κ1) is 9.12. The van der Waals surface area contributed by atoms with Crippen LogP contribution < -0.4 is 0 Å². The number of alkyl halides is 1. The molecular formula is C8H7ClN2S2. The molecule has 0 saturated carbocycles. The first-order valence-corrected chi connectivity index (χ1v) is 6.01. The van der Waals surface area contributed by atoms with Crippen LogP contribution in [0.25, 0.3) is 0 Å². The van der Waals surface area contributed by atoms with Crippen molar-refractivity contribution >= 4 is 34.3 Å². The zero-order valence-corrected chi connectivity index (χ0v) is 9.12. The van der Waals surface area contributed by atoms with Gasteiger partial charge in [-0.25, -0.2) is 0 Å². The second-order valence-corrected chi connectivity index (χ2v) is 4.93. The lowest BCUT2D eigenvalue weighted by molar-refractivity contribution is 0.982. The molecule has 2 aromatic heterocycles. The Bertz CT molecular complexity index is 369. The molecule has 2 aromatic rings. The minimum Gasteiger partial charge on any atom is -0.148 e. The average molecular weight is 231 g/mol. The van der Waals surface area contributed by atoms with E-state index in [-0.39, 0.29) is 0 Å². The van der Waals surface area contributed by atoms with Gasteiger partial charge in [0.1, 0.15) is 10.0 Å². The van der Waals surface area contributed by atoms with Gasteiger partial charge < -0.3 is 0 Å². The first-order valence-electron chi connectivity index (χ1n) is 3.78. The quantitative estimate of drug-likeness (QED) is 0.758. The molecule has 2 rings (SSSR count). The maximum absolute atomic E-state index is 5.63. The maximum atomic E-state index is 5.63. The fourth-order valence-electron chi connectivity index (χ4n) is 0.976. The fraction of sp³-hybridized carbons (Fsp3) is 0.250. The van der Waals surface area contributed by atoms with Gasteiger partial charge in [-0.05, 0) is 11.4 Å². The maximum Gasteiger partial charge on any atom is 0.132 e. The van der Waals surface area contributed by atoms with E-state index in [0.29, 0.717) is 5.88 Å². The molecule has 0 N–H and O–H groups in total. The number of nitrogens with zero attached hydrogens (tertiary/aromatic N) is 2. The van der Waals surface area contributed by atoms with Crippen LogP contribution in [0, 0.1) is 0 Å². The highest BCUT2D eigenvalue weighted by atomic mass is 35.5. The number of hydrogen-bond acceptors (Lipinski definition) is 4. The molecule has 0 unspecified atom stereocenters. The SMILES string of the molecule is ClCc1nnc(Cc2cccs2)s1. The van der Waals surface area contributed by atoms with Crippen molar-refractivity contribution in [3.8, 4) is 0 Å². The van der Waals surface area contributed by atoms with Crippen LogP contribution in [0.3, 0.4) is 0 Å². The molecule has 2 nitrogen and oxygen atoms in total. The van der Waals surface area contributed by atoms with E-state index >= 15 is 0 Å². The first-order chi connectivity index (χ1) is 6.38. The van der Waals surface area contributed by atoms with Crippen LogP contribution in [-0.4, -0.2) is 10.2 Å². The molecule has 5 heteroatoms. The second kappa shape index (κ2) is 4.17. The molecule has 2 heterocycles. The van der Waals surface area contributed by atoms with E-state index in [1.807, 2.05) is 6.07 Å². The zero-order valence-electron chi connectivity index (χ0n) is 6.74. The lowest BCUT2D eigenvalue weighted by Crippen LogP contribution is -1.82. The van der Waals surface area contributed by atoms with Crippen molar-refractivity contribution in [1.82, 2.24) is 10.2 Å². The molecule has 0 fully saturated rings. The summed E-state index contributed by atoms with van der Waals surface area (Å²) in [4.78, 5) is 1.32. The lowest BCUT2D eigenvalue weighted by atomic mass is 10.4. The predicted octanol–water partition coefficient (Wildman–Crippen LogP) is 2.93. The van der Waals surface area contributed by atoms with Gasteiger partial charge in [-0.2, -0.15) is 0 Å². The smallest absolute Gasteiger partial charge is 0.132 e. The van der Waals surface area contributed by atoms with Gasteiger partial charge in [-0.1, -0.05) is 17.4 Å². The summed E-state index contributed by atoms with van der Waals surface area (Å²) < 4.78 is 0. The second-order valence-electron chi connectivity index (χ2n) is 2.48. The van der Waals surface area contributed by atoms with Crippen LogP contribution >= 0.6 is 34.3 Å². The van der Waals surface area contributed by atoms with E-state index < -0.39 is 0 Å². The van der Waals surface area contributed by atoms with E-state index in [9.17, 15) is 0 Å². The standard InChI is InChI=1S/C8H7ClN2S2/c9-5-8-11-10-7(13-8)4-6-2-1-3-12-6/h1-3H,4-5H2. The Balaban J connectivity index is 2.10. The molecule has 13 heavy (non-hydrogen) atoms. The topological polar surface area (TPSA) is 25.8 Å². The van der Waals surface area contributed by atoms with E-state index in [2.05, 4.69) is 21.6 Å². The van der Waals surface area contributed by atoms with Gasteiger partial charge in [0.05, 0.1) is 5.88 Å². The van der Waals surface area contributed by atoms with Gasteiger partial charge in [0, 0.05) is 11.3 Å². The Morgan fingerprint density at radius 1 is 1.31 bits per heavy atom. The summed E-state index contributed by atoms with van der Waals surface area (Å²) in [5.74, 6) is 0.460. The van der Waals surface area contributed by atoms with Crippen molar-refractivity contribution in [3.63, 3.8) is 0 Å². The highest BCUT2D eigenvalue weighted by Gasteiger charge is 2.04. The molecule has 0 amide bonds. The van der Waals surface area contributed by atoms with Gasteiger partial charge in [0.2, 0.25) is 0 Å². The Hall–Kier alpha value is -0.450. The zero-order chi connectivity index (χ0) is 9.10. The normalized spacial score (nSPS) is 10.5. The number of hydrogen-bond donors (Lipinski definition) is 0. The number of thiophene rings is 1. The Morgan fingerprint density at radius 2 is 2.15 bits per heavy atom. The third-order valence-electron chi connectivity index (χ3n) is 1.53. The molecule has 0 saturated heterocycles. The van der Waals surface area contributed by atoms with Crippen molar-refractivity contribution in [2.24, 2.45) is 0 Å². The molecule has 0 aromatic carbocycles. The van der Waals surface area contributed by atoms with Gasteiger partial charge in [-0.15, -0.1) is 33.1 Å². The molecular weight excluding hydrogens is 224 g/mol. The van der Waals surface area contributed by atoms with Crippen molar-refractivity contribution in [3.05, 3.63) is 32.4 Å². The summed E-state index contributed by atoms with van der Waals surface area (Å²) in [7, 11) is 0. The van der Waals surface area contributed by atoms with Gasteiger partial charge in [0.15, 0.2) is 0 Å². The summed E-state index contributed by atoms with van der Waals surface area (Å²) in [6.07, 6.45) is 0.881. The van der Waals surface area contributed by atoms with Gasteiger partial charge in [-0.3, -0.25) is 0 Å². The van der Waals surface area contributed by atoms with Crippen LogP contribution in [0.5, 0.6) is 0 Å². The van der Waals surface area contributed by atoms with E-state index in [1.54, 1.807) is 22.7 Å². The molecule has 0 atom stereocenters. The van der Waals surface area contributed by atoms with Crippen molar-refractivity contribution in [2.45, 2.75) is 12.3 Å². The third-order valence-corrected chi connectivity index (χ3v) is 3.74. The number of rotatable bonds is 3. The van der Waals surface area contributed by atoms with Crippen LogP contribution in [0.4, 0.5) is 0 Å². The summed E-state index contributed by atoms with van der Waals surface area (Å²) in [5, 5.41) is 12.0. The van der Waals surface area contributed by atoms with Crippen LogP contribution in [0.15, 0.2) is 17.5 Å².